The number of anilines is 4. The van der Waals surface area contributed by atoms with E-state index >= 15 is 0 Å². The molecule has 3 aromatic rings. The second-order valence-electron chi connectivity index (χ2n) is 7.41. The molecule has 1 aliphatic heterocycles. The molecule has 1 aromatic heterocycles. The third kappa shape index (κ3) is 3.93. The average Bonchev–Trinajstić information content (AvgIpc) is 3.16. The van der Waals surface area contributed by atoms with Crippen LogP contribution < -0.4 is 21.3 Å². The van der Waals surface area contributed by atoms with Crippen LogP contribution in [0.3, 0.4) is 0 Å². The topological polar surface area (TPSA) is 103 Å². The zero-order chi connectivity index (χ0) is 20.4. The third-order valence-corrected chi connectivity index (χ3v) is 5.23. The van der Waals surface area contributed by atoms with Crippen LogP contribution >= 0.6 is 0 Å². The number of aromatic nitrogens is 2. The number of likely N-dealkylation sites (N-methyl/N-ethyl adjacent to an activating group) is 1. The van der Waals surface area contributed by atoms with Crippen molar-refractivity contribution in [3.63, 3.8) is 0 Å². The van der Waals surface area contributed by atoms with E-state index in [0.29, 0.717) is 28.9 Å². The molecule has 0 saturated carbocycles. The summed E-state index contributed by atoms with van der Waals surface area (Å²) in [6.07, 6.45) is 1.09. The number of hydrogen-bond acceptors (Lipinski definition) is 7. The Labute approximate surface area is 170 Å². The largest absolute Gasteiger partial charge is 0.399 e. The van der Waals surface area contributed by atoms with Crippen LogP contribution in [0.4, 0.5) is 23.1 Å². The van der Waals surface area contributed by atoms with Crippen LogP contribution in [0.5, 0.6) is 0 Å². The quantitative estimate of drug-likeness (QED) is 0.577. The molecule has 4 N–H and O–H groups in total. The Kier molecular flexibility index (Phi) is 5.19. The maximum atomic E-state index is 9.21. The van der Waals surface area contributed by atoms with Gasteiger partial charge in [0.15, 0.2) is 0 Å². The maximum absolute atomic E-state index is 9.21. The molecule has 1 atom stereocenters. The summed E-state index contributed by atoms with van der Waals surface area (Å²) < 4.78 is 0. The summed E-state index contributed by atoms with van der Waals surface area (Å²) in [5.41, 5.74) is 9.68. The Balaban J connectivity index is 1.75. The number of rotatable bonds is 5. The molecule has 1 fully saturated rings. The van der Waals surface area contributed by atoms with Crippen molar-refractivity contribution in [2.45, 2.75) is 26.3 Å². The van der Waals surface area contributed by atoms with Gasteiger partial charge < -0.3 is 21.3 Å². The number of para-hydroxylation sites is 1. The van der Waals surface area contributed by atoms with Crippen LogP contribution in [0, 0.1) is 18.3 Å². The van der Waals surface area contributed by atoms with Crippen molar-refractivity contribution in [3.8, 4) is 6.07 Å². The van der Waals surface area contributed by atoms with Crippen molar-refractivity contribution in [2.24, 2.45) is 0 Å². The number of nitrogens with zero attached hydrogens (tertiary/aromatic N) is 4. The van der Waals surface area contributed by atoms with Gasteiger partial charge in [0.1, 0.15) is 5.82 Å². The van der Waals surface area contributed by atoms with E-state index in [9.17, 15) is 5.26 Å². The standard InChI is InChI=1S/C22H25N7/c1-3-25-17-7-8-29(13-17)21-19-6-4-5-14(2)20(19)27-22(28-21)26-18-10-15(12-23)9-16(24)11-18/h4-6,9-11,17,25H,3,7-8,13,24H2,1-2H3,(H,26,27,28)/t17-/m0/s1. The van der Waals surface area contributed by atoms with Crippen molar-refractivity contribution in [3.05, 3.63) is 47.5 Å². The Morgan fingerprint density at radius 2 is 2.14 bits per heavy atom. The highest BCUT2D eigenvalue weighted by Gasteiger charge is 2.25. The van der Waals surface area contributed by atoms with Crippen molar-refractivity contribution in [1.29, 1.82) is 5.26 Å². The van der Waals surface area contributed by atoms with Gasteiger partial charge in [-0.3, -0.25) is 0 Å². The number of fused-ring (bicyclic) bond motifs is 1. The van der Waals surface area contributed by atoms with Gasteiger partial charge in [-0.25, -0.2) is 4.98 Å². The molecule has 0 spiro atoms. The second kappa shape index (κ2) is 7.94. The minimum absolute atomic E-state index is 0.471. The van der Waals surface area contributed by atoms with E-state index in [4.69, 9.17) is 15.7 Å². The molecule has 7 nitrogen and oxygen atoms in total. The van der Waals surface area contributed by atoms with Crippen molar-refractivity contribution in [1.82, 2.24) is 15.3 Å². The fourth-order valence-electron chi connectivity index (χ4n) is 3.90. The van der Waals surface area contributed by atoms with Crippen LogP contribution in [0.1, 0.15) is 24.5 Å². The molecule has 0 unspecified atom stereocenters. The molecule has 0 radical (unpaired) electrons. The molecule has 148 valence electrons. The van der Waals surface area contributed by atoms with Gasteiger partial charge in [-0.1, -0.05) is 19.1 Å². The number of benzene rings is 2. The van der Waals surface area contributed by atoms with E-state index in [1.165, 1.54) is 0 Å². The van der Waals surface area contributed by atoms with Gasteiger partial charge in [0.05, 0.1) is 17.1 Å². The number of nitrogens with two attached hydrogens (primary N) is 1. The summed E-state index contributed by atoms with van der Waals surface area (Å²) in [5.74, 6) is 1.44. The smallest absolute Gasteiger partial charge is 0.229 e. The van der Waals surface area contributed by atoms with Crippen molar-refractivity contribution < 1.29 is 0 Å². The van der Waals surface area contributed by atoms with Crippen molar-refractivity contribution >= 4 is 34.0 Å². The lowest BCUT2D eigenvalue weighted by atomic mass is 10.1. The summed E-state index contributed by atoms with van der Waals surface area (Å²) in [6.45, 7) is 7.03. The first-order chi connectivity index (χ1) is 14.1. The minimum atomic E-state index is 0.471. The lowest BCUT2D eigenvalue weighted by Gasteiger charge is -2.21. The number of hydrogen-bond donors (Lipinski definition) is 3. The summed E-state index contributed by atoms with van der Waals surface area (Å²) in [7, 11) is 0. The predicted octanol–water partition coefficient (Wildman–Crippen LogP) is 3.32. The molecular formula is C22H25N7. The van der Waals surface area contributed by atoms with Gasteiger partial charge >= 0.3 is 0 Å². The zero-order valence-electron chi connectivity index (χ0n) is 16.7. The molecule has 7 heteroatoms. The van der Waals surface area contributed by atoms with E-state index in [2.05, 4.69) is 47.6 Å². The highest BCUT2D eigenvalue weighted by molar-refractivity contribution is 5.93. The molecule has 0 aliphatic carbocycles. The zero-order valence-corrected chi connectivity index (χ0v) is 16.7. The van der Waals surface area contributed by atoms with Crippen molar-refractivity contribution in [2.75, 3.05) is 35.6 Å². The van der Waals surface area contributed by atoms with Crippen LogP contribution in [-0.4, -0.2) is 35.6 Å². The minimum Gasteiger partial charge on any atom is -0.399 e. The van der Waals surface area contributed by atoms with E-state index in [1.54, 1.807) is 18.2 Å². The number of nitrogens with one attached hydrogen (secondary N) is 2. The Morgan fingerprint density at radius 1 is 1.28 bits per heavy atom. The van der Waals surface area contributed by atoms with Crippen LogP contribution in [0.25, 0.3) is 10.9 Å². The first-order valence-electron chi connectivity index (χ1n) is 9.90. The SMILES string of the molecule is CCN[C@H]1CCN(c2nc(Nc3cc(N)cc(C#N)c3)nc3c(C)cccc23)C1. The Bertz CT molecular complexity index is 1090. The molecule has 0 bridgehead atoms. The predicted molar refractivity (Wildman–Crippen MR) is 117 cm³/mol. The normalized spacial score (nSPS) is 16.2. The highest BCUT2D eigenvalue weighted by Crippen LogP contribution is 2.31. The van der Waals surface area contributed by atoms with E-state index in [0.717, 1.165) is 48.3 Å². The molecule has 4 rings (SSSR count). The van der Waals surface area contributed by atoms with Gasteiger partial charge in [-0.2, -0.15) is 10.2 Å². The molecule has 2 heterocycles. The highest BCUT2D eigenvalue weighted by atomic mass is 15.3. The fraction of sp³-hybridized carbons (Fsp3) is 0.318. The Morgan fingerprint density at radius 3 is 2.93 bits per heavy atom. The summed E-state index contributed by atoms with van der Waals surface area (Å²) in [4.78, 5) is 11.9. The molecule has 0 amide bonds. The van der Waals surface area contributed by atoms with Crippen LogP contribution in [0.2, 0.25) is 0 Å². The molecule has 2 aromatic carbocycles. The van der Waals surface area contributed by atoms with E-state index in [1.807, 2.05) is 6.07 Å². The van der Waals surface area contributed by atoms with Gasteiger partial charge in [0.25, 0.3) is 0 Å². The van der Waals surface area contributed by atoms with Crippen LogP contribution in [-0.2, 0) is 0 Å². The monoisotopic (exact) mass is 387 g/mol. The summed E-state index contributed by atoms with van der Waals surface area (Å²) in [6, 6.07) is 14.0. The molecule has 1 saturated heterocycles. The lowest BCUT2D eigenvalue weighted by Crippen LogP contribution is -2.32. The summed E-state index contributed by atoms with van der Waals surface area (Å²) in [5, 5.41) is 17.0. The van der Waals surface area contributed by atoms with Gasteiger partial charge in [-0.15, -0.1) is 0 Å². The Hall–Kier alpha value is -3.37. The molecular weight excluding hydrogens is 362 g/mol. The first-order valence-corrected chi connectivity index (χ1v) is 9.90. The number of aryl methyl sites for hydroxylation is 1. The molecule has 29 heavy (non-hydrogen) atoms. The van der Waals surface area contributed by atoms with E-state index < -0.39 is 0 Å². The van der Waals surface area contributed by atoms with Crippen LogP contribution in [0.15, 0.2) is 36.4 Å². The third-order valence-electron chi connectivity index (χ3n) is 5.23. The fourth-order valence-corrected chi connectivity index (χ4v) is 3.90. The average molecular weight is 387 g/mol. The second-order valence-corrected chi connectivity index (χ2v) is 7.41. The maximum Gasteiger partial charge on any atom is 0.229 e. The molecule has 1 aliphatic rings. The van der Waals surface area contributed by atoms with Gasteiger partial charge in [-0.05, 0) is 49.7 Å². The number of nitrogen functional groups attached to an aromatic ring is 1. The van der Waals surface area contributed by atoms with Gasteiger partial charge in [0.2, 0.25) is 5.95 Å². The first kappa shape index (κ1) is 19.0. The lowest BCUT2D eigenvalue weighted by molar-refractivity contribution is 0.571. The summed E-state index contributed by atoms with van der Waals surface area (Å²) >= 11 is 0. The number of nitriles is 1. The van der Waals surface area contributed by atoms with Gasteiger partial charge in [0, 0.05) is 35.9 Å². The van der Waals surface area contributed by atoms with E-state index in [-0.39, 0.29) is 0 Å².